The summed E-state index contributed by atoms with van der Waals surface area (Å²) in [7, 11) is 0. The van der Waals surface area contributed by atoms with Crippen LogP contribution in [0.4, 0.5) is 0 Å². The first kappa shape index (κ1) is 12.1. The van der Waals surface area contributed by atoms with Crippen molar-refractivity contribution in [3.05, 3.63) is 22.4 Å². The Morgan fingerprint density at radius 3 is 2.75 bits per heavy atom. The van der Waals surface area contributed by atoms with E-state index in [0.29, 0.717) is 5.41 Å². The highest BCUT2D eigenvalue weighted by atomic mass is 32.1. The predicted molar refractivity (Wildman–Crippen MR) is 71.7 cm³/mol. The molecule has 16 heavy (non-hydrogen) atoms. The van der Waals surface area contributed by atoms with Crippen molar-refractivity contribution in [2.24, 2.45) is 11.1 Å². The molecule has 1 aromatic rings. The van der Waals surface area contributed by atoms with Crippen LogP contribution >= 0.6 is 11.3 Å². The molecule has 1 aromatic heterocycles. The van der Waals surface area contributed by atoms with Gasteiger partial charge in [0.25, 0.3) is 0 Å². The van der Waals surface area contributed by atoms with Crippen LogP contribution in [0.15, 0.2) is 17.5 Å². The average molecular weight is 237 g/mol. The van der Waals surface area contributed by atoms with Crippen LogP contribution in [0.5, 0.6) is 0 Å². The first-order valence-corrected chi connectivity index (χ1v) is 7.45. The van der Waals surface area contributed by atoms with Crippen LogP contribution in [0.2, 0.25) is 0 Å². The summed E-state index contributed by atoms with van der Waals surface area (Å²) in [5.41, 5.74) is 6.92. The summed E-state index contributed by atoms with van der Waals surface area (Å²) in [6.07, 6.45) is 9.43. The van der Waals surface area contributed by atoms with Crippen LogP contribution in [0.3, 0.4) is 0 Å². The molecule has 1 heterocycles. The molecule has 1 fully saturated rings. The first-order chi connectivity index (χ1) is 7.78. The predicted octanol–water partition coefficient (Wildman–Crippen LogP) is 4.50. The van der Waals surface area contributed by atoms with E-state index < -0.39 is 0 Å². The monoisotopic (exact) mass is 237 g/mol. The molecule has 0 bridgehead atoms. The average Bonchev–Trinajstić information content (AvgIpc) is 2.74. The minimum absolute atomic E-state index is 0.290. The molecule has 0 aliphatic heterocycles. The van der Waals surface area contributed by atoms with Gasteiger partial charge in [-0.05, 0) is 36.1 Å². The van der Waals surface area contributed by atoms with Gasteiger partial charge >= 0.3 is 0 Å². The van der Waals surface area contributed by atoms with Crippen LogP contribution < -0.4 is 5.73 Å². The summed E-state index contributed by atoms with van der Waals surface area (Å²) in [6, 6.07) is 4.62. The third kappa shape index (κ3) is 2.33. The summed E-state index contributed by atoms with van der Waals surface area (Å²) in [6.45, 7) is 2.27. The van der Waals surface area contributed by atoms with Gasteiger partial charge in [-0.25, -0.2) is 0 Å². The van der Waals surface area contributed by atoms with Crippen LogP contribution in [-0.2, 0) is 0 Å². The van der Waals surface area contributed by atoms with E-state index in [0.717, 1.165) is 0 Å². The van der Waals surface area contributed by atoms with Gasteiger partial charge in [0.1, 0.15) is 0 Å². The molecule has 2 N–H and O–H groups in total. The summed E-state index contributed by atoms with van der Waals surface area (Å²) in [4.78, 5) is 1.39. The van der Waals surface area contributed by atoms with Crippen LogP contribution in [0.25, 0.3) is 0 Å². The summed E-state index contributed by atoms with van der Waals surface area (Å²) in [5.74, 6) is 0. The van der Waals surface area contributed by atoms with E-state index in [9.17, 15) is 0 Å². The number of hydrogen-bond donors (Lipinski definition) is 1. The number of unbranched alkanes of at least 4 members (excludes halogenated alkanes) is 2. The Balaban J connectivity index is 1.98. The molecular formula is C14H23NS. The van der Waals surface area contributed by atoms with E-state index in [1.807, 2.05) is 11.3 Å². The van der Waals surface area contributed by atoms with Crippen LogP contribution in [0, 0.1) is 5.41 Å². The highest BCUT2D eigenvalue weighted by Crippen LogP contribution is 2.53. The molecule has 1 saturated carbocycles. The van der Waals surface area contributed by atoms with Crippen molar-refractivity contribution < 1.29 is 0 Å². The number of thiophene rings is 1. The van der Waals surface area contributed by atoms with Gasteiger partial charge in [0.2, 0.25) is 0 Å². The molecule has 0 amide bonds. The van der Waals surface area contributed by atoms with E-state index in [1.54, 1.807) is 0 Å². The normalized spacial score (nSPS) is 20.4. The zero-order valence-electron chi connectivity index (χ0n) is 10.2. The molecule has 1 nitrogen and oxygen atoms in total. The summed E-state index contributed by atoms with van der Waals surface area (Å²) >= 11 is 1.82. The smallest absolute Gasteiger partial charge is 0.0446 e. The Hall–Kier alpha value is -0.340. The van der Waals surface area contributed by atoms with Crippen molar-refractivity contribution in [3.63, 3.8) is 0 Å². The van der Waals surface area contributed by atoms with E-state index in [1.165, 1.54) is 49.8 Å². The lowest BCUT2D eigenvalue weighted by Gasteiger charge is -2.46. The van der Waals surface area contributed by atoms with E-state index >= 15 is 0 Å². The van der Waals surface area contributed by atoms with Gasteiger partial charge in [0, 0.05) is 10.9 Å². The van der Waals surface area contributed by atoms with E-state index in [4.69, 9.17) is 5.73 Å². The van der Waals surface area contributed by atoms with E-state index in [-0.39, 0.29) is 6.04 Å². The molecule has 0 radical (unpaired) electrons. The SMILES string of the molecule is CCCCCC1(C(N)c2cccs2)CCC1. The second-order valence-electron chi connectivity index (χ2n) is 5.17. The molecule has 0 aromatic carbocycles. The fourth-order valence-corrected chi connectivity index (χ4v) is 3.71. The molecular weight excluding hydrogens is 214 g/mol. The number of rotatable bonds is 6. The molecule has 0 spiro atoms. The van der Waals surface area contributed by atoms with Gasteiger partial charge in [0.15, 0.2) is 0 Å². The fraction of sp³-hybridized carbons (Fsp3) is 0.714. The quantitative estimate of drug-likeness (QED) is 0.724. The van der Waals surface area contributed by atoms with Gasteiger partial charge in [-0.3, -0.25) is 0 Å². The maximum absolute atomic E-state index is 6.47. The Kier molecular flexibility index (Phi) is 4.04. The van der Waals surface area contributed by atoms with Crippen molar-refractivity contribution in [1.29, 1.82) is 0 Å². The lowest BCUT2D eigenvalue weighted by atomic mass is 9.61. The third-order valence-electron chi connectivity index (χ3n) is 4.14. The summed E-state index contributed by atoms with van der Waals surface area (Å²) < 4.78 is 0. The minimum atomic E-state index is 0.290. The van der Waals surface area contributed by atoms with Gasteiger partial charge in [-0.15, -0.1) is 11.3 Å². The standard InChI is InChI=1S/C14H23NS/c1-2-3-4-8-14(9-6-10-14)13(15)12-7-5-11-16-12/h5,7,11,13H,2-4,6,8-10,15H2,1H3. The maximum atomic E-state index is 6.47. The Morgan fingerprint density at radius 2 is 2.25 bits per heavy atom. The maximum Gasteiger partial charge on any atom is 0.0446 e. The summed E-state index contributed by atoms with van der Waals surface area (Å²) in [5, 5.41) is 2.15. The molecule has 1 atom stereocenters. The second-order valence-corrected chi connectivity index (χ2v) is 6.15. The lowest BCUT2D eigenvalue weighted by molar-refractivity contribution is 0.0792. The lowest BCUT2D eigenvalue weighted by Crippen LogP contribution is -2.40. The molecule has 2 heteroatoms. The molecule has 1 unspecified atom stereocenters. The first-order valence-electron chi connectivity index (χ1n) is 6.57. The van der Waals surface area contributed by atoms with Crippen molar-refractivity contribution in [2.45, 2.75) is 57.9 Å². The van der Waals surface area contributed by atoms with Gasteiger partial charge in [0.05, 0.1) is 0 Å². The minimum Gasteiger partial charge on any atom is -0.323 e. The van der Waals surface area contributed by atoms with E-state index in [2.05, 4.69) is 24.4 Å². The number of hydrogen-bond acceptors (Lipinski definition) is 2. The molecule has 0 saturated heterocycles. The number of nitrogens with two attached hydrogens (primary N) is 1. The zero-order chi connectivity index (χ0) is 11.4. The molecule has 2 rings (SSSR count). The van der Waals surface area contributed by atoms with Crippen molar-refractivity contribution in [2.75, 3.05) is 0 Å². The van der Waals surface area contributed by atoms with Crippen molar-refractivity contribution >= 4 is 11.3 Å². The molecule has 1 aliphatic rings. The Bertz CT molecular complexity index is 301. The Morgan fingerprint density at radius 1 is 1.44 bits per heavy atom. The molecule has 90 valence electrons. The second kappa shape index (κ2) is 5.33. The fourth-order valence-electron chi connectivity index (χ4n) is 2.84. The van der Waals surface area contributed by atoms with Gasteiger partial charge in [-0.1, -0.05) is 38.7 Å². The Labute approximate surface area is 103 Å². The van der Waals surface area contributed by atoms with Crippen molar-refractivity contribution in [1.82, 2.24) is 0 Å². The highest BCUT2D eigenvalue weighted by molar-refractivity contribution is 7.10. The largest absolute Gasteiger partial charge is 0.323 e. The van der Waals surface area contributed by atoms with Gasteiger partial charge in [-0.2, -0.15) is 0 Å². The zero-order valence-corrected chi connectivity index (χ0v) is 11.1. The van der Waals surface area contributed by atoms with Crippen LogP contribution in [0.1, 0.15) is 62.8 Å². The third-order valence-corrected chi connectivity index (χ3v) is 5.09. The topological polar surface area (TPSA) is 26.0 Å². The van der Waals surface area contributed by atoms with Crippen molar-refractivity contribution in [3.8, 4) is 0 Å². The van der Waals surface area contributed by atoms with Gasteiger partial charge < -0.3 is 5.73 Å². The van der Waals surface area contributed by atoms with Crippen LogP contribution in [-0.4, -0.2) is 0 Å². The highest BCUT2D eigenvalue weighted by Gasteiger charge is 2.42. The molecule has 1 aliphatic carbocycles.